The summed E-state index contributed by atoms with van der Waals surface area (Å²) < 4.78 is 5.33. The first-order valence-electron chi connectivity index (χ1n) is 5.72. The maximum atomic E-state index is 12.1. The van der Waals surface area contributed by atoms with E-state index in [1.807, 2.05) is 36.4 Å². The third-order valence-electron chi connectivity index (χ3n) is 2.55. The fourth-order valence-corrected chi connectivity index (χ4v) is 2.12. The van der Waals surface area contributed by atoms with Crippen molar-refractivity contribution in [1.29, 1.82) is 0 Å². The van der Waals surface area contributed by atoms with Crippen LogP contribution in [0.1, 0.15) is 15.9 Å². The van der Waals surface area contributed by atoms with Gasteiger partial charge in [-0.3, -0.25) is 0 Å². The van der Waals surface area contributed by atoms with Crippen LogP contribution >= 0.6 is 15.9 Å². The maximum Gasteiger partial charge on any atom is 0.343 e. The summed E-state index contributed by atoms with van der Waals surface area (Å²) in [5.41, 5.74) is 1.62. The Hall–Kier alpha value is -1.61. The van der Waals surface area contributed by atoms with Crippen molar-refractivity contribution in [3.63, 3.8) is 0 Å². The summed E-state index contributed by atoms with van der Waals surface area (Å²) in [6, 6.07) is 16.6. The first-order chi connectivity index (χ1) is 8.81. The van der Waals surface area contributed by atoms with Crippen molar-refractivity contribution in [3.8, 4) is 5.75 Å². The minimum Gasteiger partial charge on any atom is -0.423 e. The number of ether oxygens (including phenoxy) is 1. The molecule has 0 spiro atoms. The number of benzene rings is 2. The molecule has 2 rings (SSSR count). The van der Waals surface area contributed by atoms with Gasteiger partial charge in [0, 0.05) is 5.33 Å². The average molecular weight is 305 g/mol. The molecule has 0 radical (unpaired) electrons. The number of esters is 1. The molecule has 0 bridgehead atoms. The molecule has 0 aliphatic carbocycles. The molecule has 0 heterocycles. The van der Waals surface area contributed by atoms with Gasteiger partial charge in [0.1, 0.15) is 5.75 Å². The summed E-state index contributed by atoms with van der Waals surface area (Å²) in [7, 11) is 0. The highest BCUT2D eigenvalue weighted by molar-refractivity contribution is 9.09. The van der Waals surface area contributed by atoms with Crippen LogP contribution in [0, 0.1) is 0 Å². The second-order valence-electron chi connectivity index (χ2n) is 3.80. The van der Waals surface area contributed by atoms with Gasteiger partial charge in [-0.2, -0.15) is 0 Å². The Bertz CT molecular complexity index is 523. The molecule has 0 aromatic heterocycles. The fourth-order valence-electron chi connectivity index (χ4n) is 1.69. The van der Waals surface area contributed by atoms with Crippen LogP contribution in [0.5, 0.6) is 5.75 Å². The van der Waals surface area contributed by atoms with Gasteiger partial charge in [-0.1, -0.05) is 52.3 Å². The Morgan fingerprint density at radius 1 is 1.00 bits per heavy atom. The van der Waals surface area contributed by atoms with E-state index < -0.39 is 0 Å². The monoisotopic (exact) mass is 304 g/mol. The second kappa shape index (κ2) is 6.36. The second-order valence-corrected chi connectivity index (χ2v) is 4.59. The standard InChI is InChI=1S/C15H13BrO2/c16-11-10-12-6-4-5-9-14(12)15(17)18-13-7-2-1-3-8-13/h1-9H,10-11H2. The third-order valence-corrected chi connectivity index (χ3v) is 2.95. The van der Waals surface area contributed by atoms with Gasteiger partial charge in [0.15, 0.2) is 0 Å². The molecule has 0 aliphatic rings. The molecule has 0 aliphatic heterocycles. The van der Waals surface area contributed by atoms with E-state index in [1.54, 1.807) is 18.2 Å². The predicted octanol–water partition coefficient (Wildman–Crippen LogP) is 3.84. The minimum absolute atomic E-state index is 0.308. The number of aryl methyl sites for hydroxylation is 1. The van der Waals surface area contributed by atoms with Crippen LogP contribution < -0.4 is 4.74 Å². The van der Waals surface area contributed by atoms with Gasteiger partial charge < -0.3 is 4.74 Å². The van der Waals surface area contributed by atoms with Gasteiger partial charge in [-0.05, 0) is 30.2 Å². The molecule has 0 saturated carbocycles. The highest BCUT2D eigenvalue weighted by atomic mass is 79.9. The number of carbonyl (C=O) groups is 1. The highest BCUT2D eigenvalue weighted by Gasteiger charge is 2.12. The average Bonchev–Trinajstić information content (AvgIpc) is 2.41. The Labute approximate surface area is 115 Å². The van der Waals surface area contributed by atoms with Gasteiger partial charge in [0.05, 0.1) is 5.56 Å². The number of alkyl halides is 1. The summed E-state index contributed by atoms with van der Waals surface area (Å²) in [6.07, 6.45) is 0.806. The highest BCUT2D eigenvalue weighted by Crippen LogP contribution is 2.15. The molecule has 0 N–H and O–H groups in total. The summed E-state index contributed by atoms with van der Waals surface area (Å²) in [5.74, 6) is 0.258. The van der Waals surface area contributed by atoms with Gasteiger partial charge in [0.25, 0.3) is 0 Å². The third kappa shape index (κ3) is 3.20. The molecule has 2 aromatic carbocycles. The summed E-state index contributed by atoms with van der Waals surface area (Å²) in [6.45, 7) is 0. The molecule has 18 heavy (non-hydrogen) atoms. The SMILES string of the molecule is O=C(Oc1ccccc1)c1ccccc1CCBr. The van der Waals surface area contributed by atoms with Crippen molar-refractivity contribution in [2.75, 3.05) is 5.33 Å². The van der Waals surface area contributed by atoms with Crippen LogP contribution in [0.15, 0.2) is 54.6 Å². The molecule has 0 saturated heterocycles. The van der Waals surface area contributed by atoms with Crippen LogP contribution in [0.2, 0.25) is 0 Å². The van der Waals surface area contributed by atoms with Gasteiger partial charge in [-0.25, -0.2) is 4.79 Å². The Balaban J connectivity index is 2.19. The molecular weight excluding hydrogens is 292 g/mol. The van der Waals surface area contributed by atoms with Gasteiger partial charge in [-0.15, -0.1) is 0 Å². The molecule has 2 nitrogen and oxygen atoms in total. The van der Waals surface area contributed by atoms with E-state index in [0.29, 0.717) is 11.3 Å². The van der Waals surface area contributed by atoms with E-state index in [9.17, 15) is 4.79 Å². The van der Waals surface area contributed by atoms with Crippen LogP contribution in [0.3, 0.4) is 0 Å². The van der Waals surface area contributed by atoms with Crippen molar-refractivity contribution in [2.45, 2.75) is 6.42 Å². The number of para-hydroxylation sites is 1. The van der Waals surface area contributed by atoms with E-state index in [1.165, 1.54) is 0 Å². The summed E-state index contributed by atoms with van der Waals surface area (Å²) in [4.78, 5) is 12.1. The normalized spacial score (nSPS) is 10.1. The number of carbonyl (C=O) groups excluding carboxylic acids is 1. The zero-order chi connectivity index (χ0) is 12.8. The van der Waals surface area contributed by atoms with Crippen molar-refractivity contribution in [3.05, 3.63) is 65.7 Å². The lowest BCUT2D eigenvalue weighted by atomic mass is 10.1. The van der Waals surface area contributed by atoms with Crippen molar-refractivity contribution in [2.24, 2.45) is 0 Å². The first kappa shape index (κ1) is 12.8. The molecule has 92 valence electrons. The molecule has 3 heteroatoms. The lowest BCUT2D eigenvalue weighted by Crippen LogP contribution is -2.11. The zero-order valence-corrected chi connectivity index (χ0v) is 11.4. The minimum atomic E-state index is -0.308. The Morgan fingerprint density at radius 2 is 1.67 bits per heavy atom. The zero-order valence-electron chi connectivity index (χ0n) is 9.80. The number of hydrogen-bond acceptors (Lipinski definition) is 2. The van der Waals surface area contributed by atoms with Crippen LogP contribution in [0.25, 0.3) is 0 Å². The Kier molecular flexibility index (Phi) is 4.53. The van der Waals surface area contributed by atoms with Gasteiger partial charge in [0.2, 0.25) is 0 Å². The van der Waals surface area contributed by atoms with E-state index in [4.69, 9.17) is 4.74 Å². The maximum absolute atomic E-state index is 12.1. The Morgan fingerprint density at radius 3 is 2.39 bits per heavy atom. The molecule has 0 unspecified atom stereocenters. The topological polar surface area (TPSA) is 26.3 Å². The molecular formula is C15H13BrO2. The quantitative estimate of drug-likeness (QED) is 0.487. The van der Waals surface area contributed by atoms with Crippen LogP contribution in [-0.2, 0) is 6.42 Å². The number of halogens is 1. The summed E-state index contributed by atoms with van der Waals surface area (Å²) >= 11 is 3.38. The number of rotatable bonds is 4. The van der Waals surface area contributed by atoms with E-state index in [0.717, 1.165) is 17.3 Å². The van der Waals surface area contributed by atoms with Crippen molar-refractivity contribution >= 4 is 21.9 Å². The van der Waals surface area contributed by atoms with Crippen molar-refractivity contribution < 1.29 is 9.53 Å². The van der Waals surface area contributed by atoms with Gasteiger partial charge >= 0.3 is 5.97 Å². The lowest BCUT2D eigenvalue weighted by molar-refractivity contribution is 0.0733. The largest absolute Gasteiger partial charge is 0.423 e. The van der Waals surface area contributed by atoms with E-state index in [2.05, 4.69) is 15.9 Å². The lowest BCUT2D eigenvalue weighted by Gasteiger charge is -2.08. The number of hydrogen-bond donors (Lipinski definition) is 0. The first-order valence-corrected chi connectivity index (χ1v) is 6.84. The molecule has 0 amide bonds. The predicted molar refractivity (Wildman–Crippen MR) is 75.3 cm³/mol. The van der Waals surface area contributed by atoms with Crippen molar-refractivity contribution in [1.82, 2.24) is 0 Å². The van der Waals surface area contributed by atoms with Crippen LogP contribution in [0.4, 0.5) is 0 Å². The van der Waals surface area contributed by atoms with Crippen LogP contribution in [-0.4, -0.2) is 11.3 Å². The summed E-state index contributed by atoms with van der Waals surface area (Å²) in [5, 5.41) is 0.822. The van der Waals surface area contributed by atoms with E-state index in [-0.39, 0.29) is 5.97 Å². The molecule has 0 fully saturated rings. The fraction of sp³-hybridized carbons (Fsp3) is 0.133. The molecule has 2 aromatic rings. The van der Waals surface area contributed by atoms with E-state index >= 15 is 0 Å². The smallest absolute Gasteiger partial charge is 0.343 e. The molecule has 0 atom stereocenters.